The molecule has 0 aliphatic carbocycles. The van der Waals surface area contributed by atoms with Crippen LogP contribution in [0.15, 0.2) is 86.9 Å². The van der Waals surface area contributed by atoms with Gasteiger partial charge in [0.2, 0.25) is 0 Å². The van der Waals surface area contributed by atoms with Crippen molar-refractivity contribution in [3.8, 4) is 11.8 Å². The minimum atomic E-state index is -0.402. The lowest BCUT2D eigenvalue weighted by Gasteiger charge is -2.20. The van der Waals surface area contributed by atoms with Crippen LogP contribution in [-0.2, 0) is 4.79 Å². The summed E-state index contributed by atoms with van der Waals surface area (Å²) in [6.45, 7) is -0.257. The van der Waals surface area contributed by atoms with Gasteiger partial charge in [0.1, 0.15) is 34.9 Å². The van der Waals surface area contributed by atoms with Crippen molar-refractivity contribution in [1.82, 2.24) is 5.01 Å². The number of benzene rings is 2. The molecule has 0 bridgehead atoms. The van der Waals surface area contributed by atoms with Gasteiger partial charge in [0.25, 0.3) is 5.91 Å². The molecule has 7 heteroatoms. The van der Waals surface area contributed by atoms with E-state index in [2.05, 4.69) is 11.2 Å². The second-order valence-corrected chi connectivity index (χ2v) is 7.07. The van der Waals surface area contributed by atoms with Crippen LogP contribution in [0.1, 0.15) is 29.5 Å². The molecule has 0 saturated heterocycles. The van der Waals surface area contributed by atoms with Gasteiger partial charge in [-0.3, -0.25) is 4.79 Å². The summed E-state index contributed by atoms with van der Waals surface area (Å²) in [5, 5.41) is 16.1. The first kappa shape index (κ1) is 18.7. The maximum atomic E-state index is 13.0. The number of rotatable bonds is 5. The van der Waals surface area contributed by atoms with Gasteiger partial charge in [0.05, 0.1) is 11.8 Å². The molecule has 152 valence electrons. The minimum absolute atomic E-state index is 0.257. The molecule has 1 amide bonds. The monoisotopic (exact) mass is 411 g/mol. The van der Waals surface area contributed by atoms with Crippen molar-refractivity contribution in [2.45, 2.75) is 12.5 Å². The Balaban J connectivity index is 1.42. The summed E-state index contributed by atoms with van der Waals surface area (Å²) in [6, 6.07) is 21.6. The maximum absolute atomic E-state index is 13.0. The Bertz CT molecular complexity index is 1280. The molecule has 1 unspecified atom stereocenters. The molecule has 0 saturated carbocycles. The van der Waals surface area contributed by atoms with E-state index >= 15 is 0 Å². The molecule has 0 radical (unpaired) electrons. The second kappa shape index (κ2) is 7.84. The topological polar surface area (TPSA) is 92.0 Å². The number of fused-ring (bicyclic) bond motifs is 1. The van der Waals surface area contributed by atoms with Gasteiger partial charge in [-0.15, -0.1) is 0 Å². The number of carbonyl (C=O) groups is 1. The molecule has 4 aromatic rings. The summed E-state index contributed by atoms with van der Waals surface area (Å²) in [7, 11) is 0. The lowest BCUT2D eigenvalue weighted by atomic mass is 10.1. The van der Waals surface area contributed by atoms with E-state index in [4.69, 9.17) is 13.6 Å². The fraction of sp³-hybridized carbons (Fsp3) is 0.125. The minimum Gasteiger partial charge on any atom is -0.482 e. The number of amides is 1. The van der Waals surface area contributed by atoms with Gasteiger partial charge in [0, 0.05) is 11.8 Å². The molecular formula is C24H17N3O4. The average Bonchev–Trinajstić information content (AvgIpc) is 3.56. The second-order valence-electron chi connectivity index (χ2n) is 7.07. The zero-order valence-electron chi connectivity index (χ0n) is 16.4. The van der Waals surface area contributed by atoms with Gasteiger partial charge in [-0.2, -0.15) is 10.4 Å². The number of furan rings is 2. The van der Waals surface area contributed by atoms with E-state index < -0.39 is 6.04 Å². The molecule has 0 spiro atoms. The molecule has 2 aromatic carbocycles. The third-order valence-corrected chi connectivity index (χ3v) is 5.11. The number of nitriles is 1. The Hall–Kier alpha value is -4.31. The summed E-state index contributed by atoms with van der Waals surface area (Å²) in [4.78, 5) is 13.0. The molecule has 0 N–H and O–H groups in total. The van der Waals surface area contributed by atoms with Gasteiger partial charge in [-0.25, -0.2) is 5.01 Å². The highest BCUT2D eigenvalue weighted by Crippen LogP contribution is 2.34. The van der Waals surface area contributed by atoms with E-state index in [0.717, 1.165) is 11.0 Å². The Morgan fingerprint density at radius 2 is 2.00 bits per heavy atom. The first-order chi connectivity index (χ1) is 15.2. The number of para-hydroxylation sites is 2. The summed E-state index contributed by atoms with van der Waals surface area (Å²) in [5.74, 6) is 1.25. The van der Waals surface area contributed by atoms with Crippen LogP contribution in [0.2, 0.25) is 0 Å². The SMILES string of the molecule is N#Cc1ccccc1OCC(=O)N1N=C(c2cc3ccccc3o2)CC1c1ccco1. The first-order valence-electron chi connectivity index (χ1n) is 9.77. The molecular weight excluding hydrogens is 394 g/mol. The highest BCUT2D eigenvalue weighted by atomic mass is 16.5. The Morgan fingerprint density at radius 3 is 2.81 bits per heavy atom. The Morgan fingerprint density at radius 1 is 1.16 bits per heavy atom. The van der Waals surface area contributed by atoms with Crippen LogP contribution in [0.4, 0.5) is 0 Å². The van der Waals surface area contributed by atoms with Crippen molar-refractivity contribution in [2.75, 3.05) is 6.61 Å². The predicted molar refractivity (Wildman–Crippen MR) is 112 cm³/mol. The maximum Gasteiger partial charge on any atom is 0.281 e. The van der Waals surface area contributed by atoms with Gasteiger partial charge in [-0.05, 0) is 36.4 Å². The average molecular weight is 411 g/mol. The van der Waals surface area contributed by atoms with Gasteiger partial charge >= 0.3 is 0 Å². The molecule has 1 atom stereocenters. The van der Waals surface area contributed by atoms with Crippen molar-refractivity contribution in [1.29, 1.82) is 5.26 Å². The zero-order valence-corrected chi connectivity index (χ0v) is 16.4. The first-order valence-corrected chi connectivity index (χ1v) is 9.77. The van der Waals surface area contributed by atoms with Crippen LogP contribution in [0, 0.1) is 11.3 Å². The fourth-order valence-electron chi connectivity index (χ4n) is 3.61. The number of hydrogen-bond donors (Lipinski definition) is 0. The molecule has 3 heterocycles. The van der Waals surface area contributed by atoms with Crippen LogP contribution in [0.5, 0.6) is 5.75 Å². The molecule has 2 aromatic heterocycles. The molecule has 7 nitrogen and oxygen atoms in total. The van der Waals surface area contributed by atoms with E-state index in [1.807, 2.05) is 36.4 Å². The van der Waals surface area contributed by atoms with Crippen molar-refractivity contribution >= 4 is 22.6 Å². The van der Waals surface area contributed by atoms with Crippen molar-refractivity contribution in [2.24, 2.45) is 5.10 Å². The van der Waals surface area contributed by atoms with E-state index in [9.17, 15) is 10.1 Å². The highest BCUT2D eigenvalue weighted by molar-refractivity contribution is 6.03. The van der Waals surface area contributed by atoms with Gasteiger partial charge < -0.3 is 13.6 Å². The third kappa shape index (κ3) is 3.55. The van der Waals surface area contributed by atoms with Crippen LogP contribution >= 0.6 is 0 Å². The number of carbonyl (C=O) groups excluding carboxylic acids is 1. The Labute approximate surface area is 177 Å². The standard InChI is InChI=1S/C24H17N3O4/c25-14-17-7-2-3-8-20(17)30-15-24(28)27-19(22-10-5-11-29-22)13-18(26-27)23-12-16-6-1-4-9-21(16)31-23/h1-12,19H,13,15H2. The number of hydrazone groups is 1. The van der Waals surface area contributed by atoms with Gasteiger partial charge in [-0.1, -0.05) is 30.3 Å². The summed E-state index contributed by atoms with van der Waals surface area (Å²) in [5.41, 5.74) is 1.78. The van der Waals surface area contributed by atoms with Crippen LogP contribution in [0.25, 0.3) is 11.0 Å². The van der Waals surface area contributed by atoms with E-state index in [-0.39, 0.29) is 12.5 Å². The smallest absolute Gasteiger partial charge is 0.281 e. The summed E-state index contributed by atoms with van der Waals surface area (Å²) in [6.07, 6.45) is 2.02. The predicted octanol–water partition coefficient (Wildman–Crippen LogP) is 4.65. The summed E-state index contributed by atoms with van der Waals surface area (Å²) < 4.78 is 17.1. The lowest BCUT2D eigenvalue weighted by molar-refractivity contribution is -0.135. The molecule has 0 fully saturated rings. The van der Waals surface area contributed by atoms with Crippen molar-refractivity contribution in [3.63, 3.8) is 0 Å². The van der Waals surface area contributed by atoms with Crippen LogP contribution in [0.3, 0.4) is 0 Å². The Kier molecular flexibility index (Phi) is 4.73. The van der Waals surface area contributed by atoms with Crippen molar-refractivity contribution in [3.05, 3.63) is 90.1 Å². The quantitative estimate of drug-likeness (QED) is 0.476. The van der Waals surface area contributed by atoms with Crippen LogP contribution < -0.4 is 4.74 Å². The van der Waals surface area contributed by atoms with Crippen molar-refractivity contribution < 1.29 is 18.4 Å². The van der Waals surface area contributed by atoms with E-state index in [1.165, 1.54) is 5.01 Å². The number of ether oxygens (including phenoxy) is 1. The van der Waals surface area contributed by atoms with Gasteiger partial charge in [0.15, 0.2) is 12.4 Å². The van der Waals surface area contributed by atoms with E-state index in [0.29, 0.717) is 35.0 Å². The highest BCUT2D eigenvalue weighted by Gasteiger charge is 2.36. The number of nitrogens with zero attached hydrogens (tertiary/aromatic N) is 3. The largest absolute Gasteiger partial charge is 0.482 e. The zero-order chi connectivity index (χ0) is 21.2. The normalized spacial score (nSPS) is 15.6. The van der Waals surface area contributed by atoms with Crippen LogP contribution in [-0.4, -0.2) is 23.2 Å². The molecule has 1 aliphatic rings. The lowest BCUT2D eigenvalue weighted by Crippen LogP contribution is -2.31. The fourth-order valence-corrected chi connectivity index (χ4v) is 3.61. The number of hydrogen-bond acceptors (Lipinski definition) is 6. The summed E-state index contributed by atoms with van der Waals surface area (Å²) >= 11 is 0. The molecule has 31 heavy (non-hydrogen) atoms. The molecule has 1 aliphatic heterocycles. The molecule has 5 rings (SSSR count). The van der Waals surface area contributed by atoms with E-state index in [1.54, 1.807) is 36.6 Å². The third-order valence-electron chi connectivity index (χ3n) is 5.11.